The van der Waals surface area contributed by atoms with Crippen molar-refractivity contribution in [2.75, 3.05) is 32.8 Å². The van der Waals surface area contributed by atoms with Crippen LogP contribution in [0.15, 0.2) is 12.3 Å². The summed E-state index contributed by atoms with van der Waals surface area (Å²) in [5.41, 5.74) is 1.000. The summed E-state index contributed by atoms with van der Waals surface area (Å²) in [6, 6.07) is 1.60. The minimum Gasteiger partial charge on any atom is -0.450 e. The van der Waals surface area contributed by atoms with Crippen molar-refractivity contribution < 1.29 is 19.2 Å². The van der Waals surface area contributed by atoms with Crippen LogP contribution >= 0.6 is 0 Å². The summed E-state index contributed by atoms with van der Waals surface area (Å²) < 4.78 is 7.96. The van der Waals surface area contributed by atoms with E-state index in [2.05, 4.69) is 10.2 Å². The van der Waals surface area contributed by atoms with Crippen LogP contribution in [0.3, 0.4) is 0 Å². The number of ether oxygens (including phenoxy) is 1. The van der Waals surface area contributed by atoms with Crippen molar-refractivity contribution in [2.24, 2.45) is 0 Å². The molecule has 0 radical (unpaired) electrons. The maximum absolute atomic E-state index is 12.7. The van der Waals surface area contributed by atoms with E-state index < -0.39 is 4.92 Å². The van der Waals surface area contributed by atoms with Crippen LogP contribution in [-0.4, -0.2) is 79.1 Å². The number of aromatic nitrogens is 4. The molecule has 0 aromatic carbocycles. The summed E-state index contributed by atoms with van der Waals surface area (Å²) in [5.74, 6) is -0.230. The van der Waals surface area contributed by atoms with Gasteiger partial charge in [-0.2, -0.15) is 10.2 Å². The summed E-state index contributed by atoms with van der Waals surface area (Å²) in [6.45, 7) is 7.02. The number of carbonyl (C=O) groups excluding carboxylic acids is 2. The predicted octanol–water partition coefficient (Wildman–Crippen LogP) is 1.02. The number of amides is 2. The molecular weight excluding hydrogens is 382 g/mol. The van der Waals surface area contributed by atoms with Gasteiger partial charge in [-0.3, -0.25) is 19.6 Å². The highest BCUT2D eigenvalue weighted by molar-refractivity contribution is 5.92. The van der Waals surface area contributed by atoms with E-state index in [4.69, 9.17) is 4.74 Å². The molecule has 1 saturated heterocycles. The molecule has 156 valence electrons. The lowest BCUT2D eigenvalue weighted by Gasteiger charge is -2.33. The van der Waals surface area contributed by atoms with Crippen LogP contribution in [0.2, 0.25) is 0 Å². The van der Waals surface area contributed by atoms with Gasteiger partial charge in [0.15, 0.2) is 0 Å². The first-order valence-electron chi connectivity index (χ1n) is 9.24. The molecule has 0 spiro atoms. The van der Waals surface area contributed by atoms with E-state index in [1.807, 2.05) is 0 Å². The van der Waals surface area contributed by atoms with E-state index >= 15 is 0 Å². The lowest BCUT2D eigenvalue weighted by molar-refractivity contribution is -0.386. The minimum absolute atomic E-state index is 0.0204. The molecule has 2 amide bonds. The number of carbonyl (C=O) groups is 2. The molecule has 12 heteroatoms. The van der Waals surface area contributed by atoms with Crippen molar-refractivity contribution in [1.82, 2.24) is 29.4 Å². The van der Waals surface area contributed by atoms with Gasteiger partial charge in [0, 0.05) is 32.4 Å². The number of nitro groups is 1. The van der Waals surface area contributed by atoms with E-state index in [1.54, 1.807) is 42.8 Å². The third-order valence-corrected chi connectivity index (χ3v) is 4.76. The molecule has 3 rings (SSSR count). The summed E-state index contributed by atoms with van der Waals surface area (Å²) in [6.07, 6.45) is 1.26. The quantitative estimate of drug-likeness (QED) is 0.536. The first-order valence-corrected chi connectivity index (χ1v) is 9.24. The molecule has 29 heavy (non-hydrogen) atoms. The van der Waals surface area contributed by atoms with Crippen molar-refractivity contribution in [3.8, 4) is 0 Å². The molecule has 0 saturated carbocycles. The van der Waals surface area contributed by atoms with Crippen LogP contribution in [0.4, 0.5) is 10.5 Å². The van der Waals surface area contributed by atoms with Gasteiger partial charge in [-0.1, -0.05) is 0 Å². The third kappa shape index (κ3) is 4.20. The summed E-state index contributed by atoms with van der Waals surface area (Å²) in [5, 5.41) is 19.6. The third-order valence-electron chi connectivity index (χ3n) is 4.76. The smallest absolute Gasteiger partial charge is 0.409 e. The Morgan fingerprint density at radius 3 is 2.41 bits per heavy atom. The van der Waals surface area contributed by atoms with Crippen LogP contribution in [0.5, 0.6) is 0 Å². The number of hydrogen-bond acceptors (Lipinski definition) is 7. The van der Waals surface area contributed by atoms with Gasteiger partial charge >= 0.3 is 11.8 Å². The molecule has 1 aliphatic rings. The Hall–Kier alpha value is -3.44. The highest BCUT2D eigenvalue weighted by atomic mass is 16.6. The molecule has 2 aromatic rings. The molecule has 0 unspecified atom stereocenters. The number of hydrogen-bond donors (Lipinski definition) is 0. The maximum atomic E-state index is 12.7. The van der Waals surface area contributed by atoms with Gasteiger partial charge < -0.3 is 14.5 Å². The van der Waals surface area contributed by atoms with Crippen LogP contribution in [0, 0.1) is 24.0 Å². The number of rotatable bonds is 5. The molecule has 0 bridgehead atoms. The second-order valence-corrected chi connectivity index (χ2v) is 6.64. The lowest BCUT2D eigenvalue weighted by Crippen LogP contribution is -2.50. The minimum atomic E-state index is -0.456. The van der Waals surface area contributed by atoms with Gasteiger partial charge in [0.25, 0.3) is 5.91 Å². The van der Waals surface area contributed by atoms with E-state index in [1.165, 1.54) is 9.36 Å². The van der Waals surface area contributed by atoms with E-state index in [0.29, 0.717) is 44.2 Å². The van der Waals surface area contributed by atoms with Crippen LogP contribution in [0.25, 0.3) is 0 Å². The zero-order chi connectivity index (χ0) is 21.1. The van der Waals surface area contributed by atoms with Crippen LogP contribution < -0.4 is 0 Å². The largest absolute Gasteiger partial charge is 0.450 e. The molecular formula is C17H23N7O5. The first-order chi connectivity index (χ1) is 13.8. The van der Waals surface area contributed by atoms with Gasteiger partial charge in [0.2, 0.25) is 0 Å². The van der Waals surface area contributed by atoms with Gasteiger partial charge in [-0.15, -0.1) is 0 Å². The molecule has 0 N–H and O–H groups in total. The van der Waals surface area contributed by atoms with Crippen molar-refractivity contribution >= 4 is 17.7 Å². The van der Waals surface area contributed by atoms with Gasteiger partial charge in [0.05, 0.1) is 11.5 Å². The zero-order valence-electron chi connectivity index (χ0n) is 16.6. The van der Waals surface area contributed by atoms with Gasteiger partial charge in [-0.25, -0.2) is 9.48 Å². The van der Waals surface area contributed by atoms with Crippen molar-refractivity contribution in [3.63, 3.8) is 0 Å². The number of nitrogens with zero attached hydrogens (tertiary/aromatic N) is 7. The molecule has 1 fully saturated rings. The monoisotopic (exact) mass is 405 g/mol. The topological polar surface area (TPSA) is 129 Å². The Balaban J connectivity index is 1.63. The van der Waals surface area contributed by atoms with Crippen molar-refractivity contribution in [1.29, 1.82) is 0 Å². The average Bonchev–Trinajstić information content (AvgIpc) is 3.26. The SMILES string of the molecule is CCOC(=O)N1CCN(C(=O)c2ccn(Cn3nc(C)c([N+](=O)[O-])c3C)n2)CC1. The maximum Gasteiger partial charge on any atom is 0.409 e. The second-order valence-electron chi connectivity index (χ2n) is 6.64. The number of aryl methyl sites for hydroxylation is 1. The standard InChI is InChI=1S/C17H23N7O5/c1-4-29-17(26)21-9-7-20(8-10-21)16(25)14-5-6-22(19-14)11-23-13(3)15(24(27)28)12(2)18-23/h5-6H,4,7-11H2,1-3H3. The van der Waals surface area contributed by atoms with Crippen LogP contribution in [-0.2, 0) is 11.4 Å². The molecule has 0 aliphatic carbocycles. The Bertz CT molecular complexity index is 927. The normalized spacial score (nSPS) is 14.2. The molecule has 2 aromatic heterocycles. The fraction of sp³-hybridized carbons (Fsp3) is 0.529. The average molecular weight is 405 g/mol. The predicted molar refractivity (Wildman–Crippen MR) is 100 cm³/mol. The summed E-state index contributed by atoms with van der Waals surface area (Å²) in [4.78, 5) is 38.3. The van der Waals surface area contributed by atoms with E-state index in [9.17, 15) is 19.7 Å². The summed E-state index contributed by atoms with van der Waals surface area (Å²) >= 11 is 0. The highest BCUT2D eigenvalue weighted by Gasteiger charge is 2.27. The highest BCUT2D eigenvalue weighted by Crippen LogP contribution is 2.21. The fourth-order valence-corrected chi connectivity index (χ4v) is 3.25. The van der Waals surface area contributed by atoms with Crippen LogP contribution in [0.1, 0.15) is 28.8 Å². The van der Waals surface area contributed by atoms with Gasteiger partial charge in [0.1, 0.15) is 23.8 Å². The Labute approximate surface area is 166 Å². The Morgan fingerprint density at radius 1 is 1.17 bits per heavy atom. The number of piperazine rings is 1. The second kappa shape index (κ2) is 8.29. The Morgan fingerprint density at radius 2 is 1.83 bits per heavy atom. The van der Waals surface area contributed by atoms with E-state index in [-0.39, 0.29) is 30.1 Å². The van der Waals surface area contributed by atoms with E-state index in [0.717, 1.165) is 0 Å². The molecule has 0 atom stereocenters. The first kappa shape index (κ1) is 20.3. The molecule has 12 nitrogen and oxygen atoms in total. The summed E-state index contributed by atoms with van der Waals surface area (Å²) in [7, 11) is 0. The van der Waals surface area contributed by atoms with Crippen molar-refractivity contribution in [3.05, 3.63) is 39.5 Å². The van der Waals surface area contributed by atoms with Gasteiger partial charge in [-0.05, 0) is 26.8 Å². The Kier molecular flexibility index (Phi) is 5.80. The molecule has 3 heterocycles. The zero-order valence-corrected chi connectivity index (χ0v) is 16.6. The lowest BCUT2D eigenvalue weighted by atomic mass is 10.3. The molecule has 1 aliphatic heterocycles. The van der Waals surface area contributed by atoms with Crippen molar-refractivity contribution in [2.45, 2.75) is 27.4 Å². The fourth-order valence-electron chi connectivity index (χ4n) is 3.25.